The molecule has 0 radical (unpaired) electrons. The SMILES string of the molecule is Brc1ccc(N2c3ccc(Br)cc3[C@@H]3CN(CC#Cc4ccccc4)CC[C@H]32)cc1. The lowest BCUT2D eigenvalue weighted by atomic mass is 9.89. The third-order valence-electron chi connectivity index (χ3n) is 6.05. The van der Waals surface area contributed by atoms with Crippen molar-refractivity contribution in [3.63, 3.8) is 0 Å². The van der Waals surface area contributed by atoms with Crippen LogP contribution in [0.2, 0.25) is 0 Å². The van der Waals surface area contributed by atoms with E-state index in [0.29, 0.717) is 12.0 Å². The number of likely N-dealkylation sites (tertiary alicyclic amines) is 1. The lowest BCUT2D eigenvalue weighted by Gasteiger charge is -2.38. The zero-order valence-electron chi connectivity index (χ0n) is 16.6. The number of nitrogens with zero attached hydrogens (tertiary/aromatic N) is 2. The number of hydrogen-bond donors (Lipinski definition) is 0. The summed E-state index contributed by atoms with van der Waals surface area (Å²) < 4.78 is 2.27. The molecule has 150 valence electrons. The molecule has 4 heteroatoms. The first kappa shape index (κ1) is 19.9. The van der Waals surface area contributed by atoms with E-state index in [1.165, 1.54) is 16.9 Å². The highest BCUT2D eigenvalue weighted by atomic mass is 79.9. The second-order valence-corrected chi connectivity index (χ2v) is 9.75. The average molecular weight is 522 g/mol. The number of piperidine rings is 1. The monoisotopic (exact) mass is 520 g/mol. The number of rotatable bonds is 2. The molecule has 1 fully saturated rings. The van der Waals surface area contributed by atoms with Gasteiger partial charge in [0.05, 0.1) is 6.54 Å². The lowest BCUT2D eigenvalue weighted by Crippen LogP contribution is -2.44. The van der Waals surface area contributed by atoms with Crippen LogP contribution in [0.3, 0.4) is 0 Å². The molecule has 3 aromatic rings. The molecular weight excluding hydrogens is 500 g/mol. The third kappa shape index (κ3) is 3.95. The molecule has 0 spiro atoms. The predicted octanol–water partition coefficient (Wildman–Crippen LogP) is 6.57. The Hall–Kier alpha value is -2.06. The first-order valence-electron chi connectivity index (χ1n) is 10.3. The van der Waals surface area contributed by atoms with E-state index in [0.717, 1.165) is 40.6 Å². The van der Waals surface area contributed by atoms with Crippen LogP contribution in [-0.2, 0) is 0 Å². The third-order valence-corrected chi connectivity index (χ3v) is 7.08. The summed E-state index contributed by atoms with van der Waals surface area (Å²) in [5.41, 5.74) is 5.14. The van der Waals surface area contributed by atoms with Gasteiger partial charge in [-0.05, 0) is 66.6 Å². The summed E-state index contributed by atoms with van der Waals surface area (Å²) in [6.07, 6.45) is 1.14. The van der Waals surface area contributed by atoms with E-state index < -0.39 is 0 Å². The van der Waals surface area contributed by atoms with E-state index >= 15 is 0 Å². The first-order valence-corrected chi connectivity index (χ1v) is 11.9. The van der Waals surface area contributed by atoms with Crippen molar-refractivity contribution in [1.29, 1.82) is 0 Å². The van der Waals surface area contributed by atoms with E-state index in [9.17, 15) is 0 Å². The van der Waals surface area contributed by atoms with Crippen LogP contribution < -0.4 is 4.90 Å². The topological polar surface area (TPSA) is 6.48 Å². The summed E-state index contributed by atoms with van der Waals surface area (Å²) >= 11 is 7.26. The van der Waals surface area contributed by atoms with Gasteiger partial charge in [0.25, 0.3) is 0 Å². The fraction of sp³-hybridized carbons (Fsp3) is 0.231. The molecular formula is C26H22Br2N2. The molecule has 0 unspecified atom stereocenters. The van der Waals surface area contributed by atoms with E-state index in [2.05, 4.69) is 108 Å². The van der Waals surface area contributed by atoms with Gasteiger partial charge in [0.1, 0.15) is 0 Å². The van der Waals surface area contributed by atoms with E-state index in [-0.39, 0.29) is 0 Å². The number of fused-ring (bicyclic) bond motifs is 3. The standard InChI is InChI=1S/C26H22Br2N2/c27-20-8-11-22(12-9-20)30-25-13-10-21(28)17-23(25)24-18-29(16-14-26(24)30)15-4-7-19-5-2-1-3-6-19/h1-3,5-6,8-13,17,24,26H,14-16,18H2/t24-,26+/m0/s1. The number of halogens is 2. The quantitative estimate of drug-likeness (QED) is 0.352. The van der Waals surface area contributed by atoms with E-state index in [4.69, 9.17) is 0 Å². The van der Waals surface area contributed by atoms with Gasteiger partial charge in [-0.2, -0.15) is 0 Å². The minimum atomic E-state index is 0.494. The first-order chi connectivity index (χ1) is 14.7. The second-order valence-electron chi connectivity index (χ2n) is 7.91. The van der Waals surface area contributed by atoms with Crippen LogP contribution in [0.4, 0.5) is 11.4 Å². The van der Waals surface area contributed by atoms with Gasteiger partial charge >= 0.3 is 0 Å². The van der Waals surface area contributed by atoms with E-state index in [1.54, 1.807) is 0 Å². The molecule has 0 saturated carbocycles. The molecule has 1 saturated heterocycles. The fourth-order valence-corrected chi connectivity index (χ4v) is 5.34. The molecule has 0 amide bonds. The number of benzene rings is 3. The Morgan fingerprint density at radius 3 is 2.47 bits per heavy atom. The molecule has 0 N–H and O–H groups in total. The Morgan fingerprint density at radius 2 is 1.67 bits per heavy atom. The van der Waals surface area contributed by atoms with Gasteiger partial charge in [-0.3, -0.25) is 4.90 Å². The Morgan fingerprint density at radius 1 is 0.900 bits per heavy atom. The Labute approximate surface area is 195 Å². The van der Waals surface area contributed by atoms with Gasteiger partial charge < -0.3 is 4.90 Å². The molecule has 5 rings (SSSR count). The molecule has 2 aliphatic heterocycles. The highest BCUT2D eigenvalue weighted by Gasteiger charge is 2.42. The Bertz CT molecular complexity index is 1100. The van der Waals surface area contributed by atoms with Gasteiger partial charge in [0.15, 0.2) is 0 Å². The van der Waals surface area contributed by atoms with Gasteiger partial charge in [-0.15, -0.1) is 0 Å². The van der Waals surface area contributed by atoms with E-state index in [1.807, 2.05) is 18.2 Å². The van der Waals surface area contributed by atoms with Crippen molar-refractivity contribution in [1.82, 2.24) is 4.90 Å². The van der Waals surface area contributed by atoms with Gasteiger partial charge in [0.2, 0.25) is 0 Å². The van der Waals surface area contributed by atoms with Crippen LogP contribution in [0, 0.1) is 11.8 Å². The summed E-state index contributed by atoms with van der Waals surface area (Å²) in [7, 11) is 0. The van der Waals surface area contributed by atoms with Gasteiger partial charge in [0, 0.05) is 50.9 Å². The average Bonchev–Trinajstić information content (AvgIpc) is 3.08. The van der Waals surface area contributed by atoms with Crippen molar-refractivity contribution >= 4 is 43.2 Å². The van der Waals surface area contributed by atoms with Crippen molar-refractivity contribution in [2.75, 3.05) is 24.5 Å². The van der Waals surface area contributed by atoms with Crippen LogP contribution in [0.15, 0.2) is 81.7 Å². The van der Waals surface area contributed by atoms with Crippen molar-refractivity contribution in [2.45, 2.75) is 18.4 Å². The molecule has 2 nitrogen and oxygen atoms in total. The van der Waals surface area contributed by atoms with Crippen LogP contribution in [0.5, 0.6) is 0 Å². The smallest absolute Gasteiger partial charge is 0.0605 e. The largest absolute Gasteiger partial charge is 0.337 e. The molecule has 2 atom stereocenters. The molecule has 0 aromatic heterocycles. The molecule has 30 heavy (non-hydrogen) atoms. The molecule has 2 aliphatic rings. The fourth-order valence-electron chi connectivity index (χ4n) is 4.69. The Kier molecular flexibility index (Phi) is 5.69. The van der Waals surface area contributed by atoms with Gasteiger partial charge in [-0.25, -0.2) is 0 Å². The van der Waals surface area contributed by atoms with Crippen molar-refractivity contribution in [3.8, 4) is 11.8 Å². The minimum absolute atomic E-state index is 0.494. The predicted molar refractivity (Wildman–Crippen MR) is 131 cm³/mol. The minimum Gasteiger partial charge on any atom is -0.337 e. The molecule has 0 aliphatic carbocycles. The maximum Gasteiger partial charge on any atom is 0.0605 e. The summed E-state index contributed by atoms with van der Waals surface area (Å²) in [5, 5.41) is 0. The van der Waals surface area contributed by atoms with Gasteiger partial charge in [-0.1, -0.05) is 61.9 Å². The highest BCUT2D eigenvalue weighted by molar-refractivity contribution is 9.10. The van der Waals surface area contributed by atoms with Crippen molar-refractivity contribution in [3.05, 3.63) is 92.9 Å². The lowest BCUT2D eigenvalue weighted by molar-refractivity contribution is 0.218. The van der Waals surface area contributed by atoms with Crippen molar-refractivity contribution in [2.24, 2.45) is 0 Å². The molecule has 2 heterocycles. The molecule has 3 aromatic carbocycles. The zero-order chi connectivity index (χ0) is 20.5. The van der Waals surface area contributed by atoms with Crippen LogP contribution >= 0.6 is 31.9 Å². The van der Waals surface area contributed by atoms with Crippen LogP contribution in [0.25, 0.3) is 0 Å². The summed E-state index contributed by atoms with van der Waals surface area (Å²) in [6.45, 7) is 2.94. The number of anilines is 2. The summed E-state index contributed by atoms with van der Waals surface area (Å²) in [6, 6.07) is 26.2. The normalized spacial score (nSPS) is 20.3. The maximum atomic E-state index is 3.69. The Balaban J connectivity index is 1.40. The molecule has 0 bridgehead atoms. The second kappa shape index (κ2) is 8.59. The maximum absolute atomic E-state index is 3.69. The van der Waals surface area contributed by atoms with Crippen LogP contribution in [-0.4, -0.2) is 30.6 Å². The van der Waals surface area contributed by atoms with Crippen LogP contribution in [0.1, 0.15) is 23.5 Å². The van der Waals surface area contributed by atoms with Crippen molar-refractivity contribution < 1.29 is 0 Å². The zero-order valence-corrected chi connectivity index (χ0v) is 19.7. The number of hydrogen-bond acceptors (Lipinski definition) is 2. The summed E-state index contributed by atoms with van der Waals surface area (Å²) in [5.74, 6) is 7.18. The highest BCUT2D eigenvalue weighted by Crippen LogP contribution is 2.49. The summed E-state index contributed by atoms with van der Waals surface area (Å²) in [4.78, 5) is 5.05.